The number of benzene rings is 1. The van der Waals surface area contributed by atoms with Gasteiger partial charge < -0.3 is 4.74 Å². The first-order valence-electron chi connectivity index (χ1n) is 6.39. The molecule has 1 aliphatic heterocycles. The summed E-state index contributed by atoms with van der Waals surface area (Å²) in [6, 6.07) is 4.58. The molecule has 17 heavy (non-hydrogen) atoms. The molecule has 0 aromatic heterocycles. The van der Waals surface area contributed by atoms with Gasteiger partial charge in [0.1, 0.15) is 0 Å². The topological polar surface area (TPSA) is 9.23 Å². The van der Waals surface area contributed by atoms with Gasteiger partial charge in [-0.15, -0.1) is 0 Å². The third-order valence-electron chi connectivity index (χ3n) is 3.69. The SMILES string of the molecule is Cc1cc(C)c(C(Br)C2CCOCC2)c(C)c1. The smallest absolute Gasteiger partial charge is 0.0469 e. The minimum absolute atomic E-state index is 0.479. The number of alkyl halides is 1. The Kier molecular flexibility index (Phi) is 4.26. The highest BCUT2D eigenvalue weighted by atomic mass is 79.9. The largest absolute Gasteiger partial charge is 0.381 e. The van der Waals surface area contributed by atoms with Crippen molar-refractivity contribution in [1.29, 1.82) is 0 Å². The Labute approximate surface area is 113 Å². The Morgan fingerprint density at radius 1 is 1.12 bits per heavy atom. The van der Waals surface area contributed by atoms with E-state index in [0.29, 0.717) is 10.7 Å². The van der Waals surface area contributed by atoms with Crippen LogP contribution in [0.4, 0.5) is 0 Å². The van der Waals surface area contributed by atoms with Crippen LogP contribution in [0.15, 0.2) is 12.1 Å². The van der Waals surface area contributed by atoms with Gasteiger partial charge in [-0.1, -0.05) is 33.6 Å². The quantitative estimate of drug-likeness (QED) is 0.732. The fraction of sp³-hybridized carbons (Fsp3) is 0.600. The maximum Gasteiger partial charge on any atom is 0.0469 e. The van der Waals surface area contributed by atoms with Gasteiger partial charge in [0.2, 0.25) is 0 Å². The van der Waals surface area contributed by atoms with Crippen molar-refractivity contribution in [2.45, 2.75) is 38.4 Å². The highest BCUT2D eigenvalue weighted by Crippen LogP contribution is 2.40. The van der Waals surface area contributed by atoms with Crippen LogP contribution in [0.1, 0.15) is 39.9 Å². The summed E-state index contributed by atoms with van der Waals surface area (Å²) in [6.07, 6.45) is 2.34. The zero-order valence-corrected chi connectivity index (χ0v) is 12.5. The Hall–Kier alpha value is -0.340. The van der Waals surface area contributed by atoms with E-state index < -0.39 is 0 Å². The molecule has 0 bridgehead atoms. The summed E-state index contributed by atoms with van der Waals surface area (Å²) in [5.74, 6) is 0.712. The predicted octanol–water partition coefficient (Wildman–Crippen LogP) is 4.47. The average Bonchev–Trinajstić information content (AvgIpc) is 2.28. The third kappa shape index (κ3) is 2.92. The van der Waals surface area contributed by atoms with Crippen LogP contribution in [0.5, 0.6) is 0 Å². The number of aryl methyl sites for hydroxylation is 3. The van der Waals surface area contributed by atoms with Crippen molar-refractivity contribution in [3.05, 3.63) is 34.4 Å². The van der Waals surface area contributed by atoms with E-state index in [1.54, 1.807) is 0 Å². The van der Waals surface area contributed by atoms with Crippen molar-refractivity contribution < 1.29 is 4.74 Å². The normalized spacial score (nSPS) is 19.3. The fourth-order valence-electron chi connectivity index (χ4n) is 2.87. The summed E-state index contributed by atoms with van der Waals surface area (Å²) in [6.45, 7) is 8.45. The second-order valence-electron chi connectivity index (χ2n) is 5.16. The lowest BCUT2D eigenvalue weighted by molar-refractivity contribution is 0.0661. The second-order valence-corrected chi connectivity index (χ2v) is 6.15. The molecule has 1 saturated heterocycles. The molecule has 0 saturated carbocycles. The molecule has 1 aromatic carbocycles. The third-order valence-corrected chi connectivity index (χ3v) is 4.90. The van der Waals surface area contributed by atoms with E-state index in [1.807, 2.05) is 0 Å². The van der Waals surface area contributed by atoms with Gasteiger partial charge in [0.15, 0.2) is 0 Å². The first kappa shape index (κ1) is 13.1. The van der Waals surface area contributed by atoms with Crippen LogP contribution in [0.25, 0.3) is 0 Å². The maximum absolute atomic E-state index is 5.44. The van der Waals surface area contributed by atoms with Gasteiger partial charge in [0, 0.05) is 18.0 Å². The minimum Gasteiger partial charge on any atom is -0.381 e. The highest BCUT2D eigenvalue weighted by Gasteiger charge is 2.25. The molecule has 0 spiro atoms. The van der Waals surface area contributed by atoms with E-state index >= 15 is 0 Å². The zero-order chi connectivity index (χ0) is 12.4. The lowest BCUT2D eigenvalue weighted by atomic mass is 9.87. The van der Waals surface area contributed by atoms with Crippen molar-refractivity contribution in [2.24, 2.45) is 5.92 Å². The summed E-state index contributed by atoms with van der Waals surface area (Å²) in [4.78, 5) is 0.479. The lowest BCUT2D eigenvalue weighted by Gasteiger charge is -2.29. The monoisotopic (exact) mass is 296 g/mol. The van der Waals surface area contributed by atoms with Crippen LogP contribution in [0, 0.1) is 26.7 Å². The number of rotatable bonds is 2. The second kappa shape index (κ2) is 5.53. The molecule has 2 heteroatoms. The average molecular weight is 297 g/mol. The summed E-state index contributed by atoms with van der Waals surface area (Å²) < 4.78 is 5.44. The van der Waals surface area contributed by atoms with Crippen LogP contribution >= 0.6 is 15.9 Å². The fourth-order valence-corrected chi connectivity index (χ4v) is 4.12. The molecule has 0 N–H and O–H groups in total. The van der Waals surface area contributed by atoms with Gasteiger partial charge in [0.25, 0.3) is 0 Å². The predicted molar refractivity (Wildman–Crippen MR) is 75.9 cm³/mol. The van der Waals surface area contributed by atoms with Gasteiger partial charge >= 0.3 is 0 Å². The van der Waals surface area contributed by atoms with Gasteiger partial charge in [-0.25, -0.2) is 0 Å². The molecule has 1 heterocycles. The van der Waals surface area contributed by atoms with Gasteiger partial charge in [0.05, 0.1) is 0 Å². The number of ether oxygens (including phenoxy) is 1. The van der Waals surface area contributed by atoms with Gasteiger partial charge in [-0.2, -0.15) is 0 Å². The molecule has 1 unspecified atom stereocenters. The molecule has 2 rings (SSSR count). The van der Waals surface area contributed by atoms with Gasteiger partial charge in [-0.3, -0.25) is 0 Å². The van der Waals surface area contributed by atoms with E-state index in [2.05, 4.69) is 48.8 Å². The van der Waals surface area contributed by atoms with E-state index in [4.69, 9.17) is 4.74 Å². The summed E-state index contributed by atoms with van der Waals surface area (Å²) >= 11 is 3.92. The van der Waals surface area contributed by atoms with Gasteiger partial charge in [-0.05, 0) is 56.2 Å². The first-order chi connectivity index (χ1) is 8.09. The van der Waals surface area contributed by atoms with E-state index in [9.17, 15) is 0 Å². The van der Waals surface area contributed by atoms with Crippen LogP contribution in [-0.4, -0.2) is 13.2 Å². The number of halogens is 1. The molecule has 0 radical (unpaired) electrons. The Bertz CT molecular complexity index is 371. The summed E-state index contributed by atoms with van der Waals surface area (Å²) in [5.41, 5.74) is 5.67. The van der Waals surface area contributed by atoms with Crippen LogP contribution in [0.2, 0.25) is 0 Å². The van der Waals surface area contributed by atoms with Crippen molar-refractivity contribution in [1.82, 2.24) is 0 Å². The summed E-state index contributed by atoms with van der Waals surface area (Å²) in [7, 11) is 0. The number of hydrogen-bond acceptors (Lipinski definition) is 1. The van der Waals surface area contributed by atoms with Crippen molar-refractivity contribution in [2.75, 3.05) is 13.2 Å². The molecule has 1 fully saturated rings. The van der Waals surface area contributed by atoms with Crippen LogP contribution in [-0.2, 0) is 4.74 Å². The van der Waals surface area contributed by atoms with E-state index in [-0.39, 0.29) is 0 Å². The standard InChI is InChI=1S/C15H21BrO/c1-10-8-11(2)14(12(3)9-10)15(16)13-4-6-17-7-5-13/h8-9,13,15H,4-7H2,1-3H3. The van der Waals surface area contributed by atoms with Crippen molar-refractivity contribution in [3.8, 4) is 0 Å². The molecule has 94 valence electrons. The molecule has 1 atom stereocenters. The molecule has 0 aliphatic carbocycles. The Morgan fingerprint density at radius 3 is 2.18 bits per heavy atom. The van der Waals surface area contributed by atoms with Crippen molar-refractivity contribution >= 4 is 15.9 Å². The maximum atomic E-state index is 5.44. The molecule has 1 aromatic rings. The van der Waals surface area contributed by atoms with Crippen LogP contribution in [0.3, 0.4) is 0 Å². The molecular weight excluding hydrogens is 276 g/mol. The Balaban J connectivity index is 2.26. The zero-order valence-electron chi connectivity index (χ0n) is 10.9. The van der Waals surface area contributed by atoms with E-state index in [0.717, 1.165) is 13.2 Å². The van der Waals surface area contributed by atoms with E-state index in [1.165, 1.54) is 35.1 Å². The van der Waals surface area contributed by atoms with Crippen molar-refractivity contribution in [3.63, 3.8) is 0 Å². The number of hydrogen-bond donors (Lipinski definition) is 0. The molecule has 0 amide bonds. The first-order valence-corrected chi connectivity index (χ1v) is 7.30. The highest BCUT2D eigenvalue weighted by molar-refractivity contribution is 9.09. The van der Waals surface area contributed by atoms with Crippen LogP contribution < -0.4 is 0 Å². The molecule has 1 nitrogen and oxygen atoms in total. The summed E-state index contributed by atoms with van der Waals surface area (Å²) in [5, 5.41) is 0. The Morgan fingerprint density at radius 2 is 1.65 bits per heavy atom. The lowest BCUT2D eigenvalue weighted by Crippen LogP contribution is -2.20. The minimum atomic E-state index is 0.479. The molecule has 1 aliphatic rings. The molecular formula is C15H21BrO.